The fraction of sp³-hybridized carbons (Fsp3) is 0.727. The molecule has 2 N–H and O–H groups in total. The van der Waals surface area contributed by atoms with E-state index < -0.39 is 0 Å². The summed E-state index contributed by atoms with van der Waals surface area (Å²) < 4.78 is 1.80. The largest absolute Gasteiger partial charge is 0.323 e. The molecule has 0 bridgehead atoms. The molecular formula is C11H21N3. The van der Waals surface area contributed by atoms with Crippen molar-refractivity contribution in [1.82, 2.24) is 9.78 Å². The molecule has 0 aliphatic heterocycles. The highest BCUT2D eigenvalue weighted by molar-refractivity contribution is 5.04. The lowest BCUT2D eigenvalue weighted by atomic mass is 10.0. The Morgan fingerprint density at radius 2 is 2.14 bits per heavy atom. The molecule has 80 valence electrons. The second-order valence-corrected chi connectivity index (χ2v) is 4.35. The molecule has 14 heavy (non-hydrogen) atoms. The molecule has 1 rings (SSSR count). The van der Waals surface area contributed by atoms with Gasteiger partial charge in [0.15, 0.2) is 0 Å². The third-order valence-corrected chi connectivity index (χ3v) is 2.41. The number of nitrogens with zero attached hydrogens (tertiary/aromatic N) is 2. The van der Waals surface area contributed by atoms with Crippen LogP contribution in [-0.4, -0.2) is 9.78 Å². The van der Waals surface area contributed by atoms with Crippen molar-refractivity contribution in [3.8, 4) is 0 Å². The minimum Gasteiger partial charge on any atom is -0.323 e. The highest BCUT2D eigenvalue weighted by Gasteiger charge is 2.08. The first-order chi connectivity index (χ1) is 6.59. The molecule has 0 aliphatic rings. The van der Waals surface area contributed by atoms with E-state index >= 15 is 0 Å². The monoisotopic (exact) mass is 195 g/mol. The molecule has 0 saturated heterocycles. The van der Waals surface area contributed by atoms with Crippen molar-refractivity contribution in [3.63, 3.8) is 0 Å². The molecule has 0 amide bonds. The average Bonchev–Trinajstić information content (AvgIpc) is 2.51. The molecule has 1 aromatic rings. The lowest BCUT2D eigenvalue weighted by molar-refractivity contribution is 0.498. The van der Waals surface area contributed by atoms with Crippen LogP contribution in [0.4, 0.5) is 0 Å². The predicted molar refractivity (Wildman–Crippen MR) is 58.8 cm³/mol. The molecule has 0 spiro atoms. The Hall–Kier alpha value is -0.830. The van der Waals surface area contributed by atoms with Crippen LogP contribution in [0.2, 0.25) is 0 Å². The summed E-state index contributed by atoms with van der Waals surface area (Å²) >= 11 is 0. The summed E-state index contributed by atoms with van der Waals surface area (Å²) in [5, 5.41) is 4.30. The molecule has 3 heteroatoms. The Kier molecular flexibility index (Phi) is 4.14. The fourth-order valence-electron chi connectivity index (χ4n) is 1.52. The third-order valence-electron chi connectivity index (χ3n) is 2.41. The molecule has 0 aromatic carbocycles. The molecule has 0 radical (unpaired) electrons. The van der Waals surface area contributed by atoms with E-state index in [4.69, 9.17) is 5.73 Å². The van der Waals surface area contributed by atoms with E-state index in [1.54, 1.807) is 4.68 Å². The molecule has 0 fully saturated rings. The van der Waals surface area contributed by atoms with Gasteiger partial charge >= 0.3 is 0 Å². The van der Waals surface area contributed by atoms with Crippen LogP contribution < -0.4 is 5.73 Å². The molecule has 3 nitrogen and oxygen atoms in total. The van der Waals surface area contributed by atoms with Gasteiger partial charge in [-0.05, 0) is 18.4 Å². The molecule has 1 aromatic heterocycles. The quantitative estimate of drug-likeness (QED) is 0.783. The maximum Gasteiger partial charge on any atom is 0.0791 e. The van der Waals surface area contributed by atoms with Crippen LogP contribution >= 0.6 is 0 Å². The standard InChI is InChI=1S/C11H21N3/c1-9(2)5-4-6-10(12)11-7-8-14(3)13-11/h7-10H,4-6,12H2,1-3H3. The van der Waals surface area contributed by atoms with Crippen molar-refractivity contribution >= 4 is 0 Å². The zero-order valence-corrected chi connectivity index (χ0v) is 9.40. The van der Waals surface area contributed by atoms with Crippen LogP contribution in [0, 0.1) is 5.92 Å². The summed E-state index contributed by atoms with van der Waals surface area (Å²) in [6.07, 6.45) is 5.42. The van der Waals surface area contributed by atoms with Gasteiger partial charge in [-0.2, -0.15) is 5.10 Å². The van der Waals surface area contributed by atoms with Crippen molar-refractivity contribution in [2.75, 3.05) is 0 Å². The fourth-order valence-corrected chi connectivity index (χ4v) is 1.52. The normalized spacial score (nSPS) is 13.5. The summed E-state index contributed by atoms with van der Waals surface area (Å²) in [5.41, 5.74) is 7.03. The van der Waals surface area contributed by atoms with Crippen molar-refractivity contribution in [1.29, 1.82) is 0 Å². The van der Waals surface area contributed by atoms with Crippen LogP contribution in [0.15, 0.2) is 12.3 Å². The maximum atomic E-state index is 6.02. The Balaban J connectivity index is 2.32. The Labute approximate surface area is 86.3 Å². The highest BCUT2D eigenvalue weighted by atomic mass is 15.3. The number of hydrogen-bond acceptors (Lipinski definition) is 2. The van der Waals surface area contributed by atoms with Gasteiger partial charge in [0.2, 0.25) is 0 Å². The van der Waals surface area contributed by atoms with E-state index in [1.165, 1.54) is 12.8 Å². The van der Waals surface area contributed by atoms with Crippen molar-refractivity contribution in [2.45, 2.75) is 39.2 Å². The van der Waals surface area contributed by atoms with Gasteiger partial charge in [0, 0.05) is 19.3 Å². The Morgan fingerprint density at radius 1 is 1.43 bits per heavy atom. The molecule has 1 unspecified atom stereocenters. The van der Waals surface area contributed by atoms with Gasteiger partial charge in [-0.15, -0.1) is 0 Å². The number of aromatic nitrogens is 2. The summed E-state index contributed by atoms with van der Waals surface area (Å²) in [5.74, 6) is 0.769. The first-order valence-electron chi connectivity index (χ1n) is 5.34. The minimum absolute atomic E-state index is 0.106. The Morgan fingerprint density at radius 3 is 2.64 bits per heavy atom. The molecule has 0 aliphatic carbocycles. The molecule has 1 atom stereocenters. The maximum absolute atomic E-state index is 6.02. The van der Waals surface area contributed by atoms with E-state index in [1.807, 2.05) is 19.3 Å². The van der Waals surface area contributed by atoms with Crippen LogP contribution in [0.3, 0.4) is 0 Å². The van der Waals surface area contributed by atoms with Gasteiger partial charge in [0.05, 0.1) is 5.69 Å². The number of rotatable bonds is 5. The van der Waals surface area contributed by atoms with E-state index in [0.29, 0.717) is 0 Å². The van der Waals surface area contributed by atoms with Crippen molar-refractivity contribution in [2.24, 2.45) is 18.7 Å². The van der Waals surface area contributed by atoms with Gasteiger partial charge in [-0.3, -0.25) is 4.68 Å². The van der Waals surface area contributed by atoms with Crippen LogP contribution in [0.25, 0.3) is 0 Å². The second-order valence-electron chi connectivity index (χ2n) is 4.35. The first kappa shape index (κ1) is 11.2. The van der Waals surface area contributed by atoms with Crippen molar-refractivity contribution < 1.29 is 0 Å². The number of aryl methyl sites for hydroxylation is 1. The average molecular weight is 195 g/mol. The Bertz CT molecular complexity index is 265. The zero-order chi connectivity index (χ0) is 10.6. The molecule has 1 heterocycles. The van der Waals surface area contributed by atoms with Gasteiger partial charge in [-0.25, -0.2) is 0 Å². The summed E-state index contributed by atoms with van der Waals surface area (Å²) in [6.45, 7) is 4.48. The van der Waals surface area contributed by atoms with Crippen molar-refractivity contribution in [3.05, 3.63) is 18.0 Å². The topological polar surface area (TPSA) is 43.8 Å². The van der Waals surface area contributed by atoms with Gasteiger partial charge in [0.25, 0.3) is 0 Å². The van der Waals surface area contributed by atoms with Crippen LogP contribution in [0.1, 0.15) is 44.8 Å². The first-order valence-corrected chi connectivity index (χ1v) is 5.34. The summed E-state index contributed by atoms with van der Waals surface area (Å²) in [6, 6.07) is 2.11. The minimum atomic E-state index is 0.106. The van der Waals surface area contributed by atoms with Crippen LogP contribution in [0.5, 0.6) is 0 Å². The van der Waals surface area contributed by atoms with E-state index in [9.17, 15) is 0 Å². The smallest absolute Gasteiger partial charge is 0.0791 e. The second kappa shape index (κ2) is 5.15. The lowest BCUT2D eigenvalue weighted by Gasteiger charge is -2.09. The van der Waals surface area contributed by atoms with Gasteiger partial charge < -0.3 is 5.73 Å². The van der Waals surface area contributed by atoms with E-state index in [2.05, 4.69) is 18.9 Å². The summed E-state index contributed by atoms with van der Waals surface area (Å²) in [4.78, 5) is 0. The predicted octanol–water partition coefficient (Wildman–Crippen LogP) is 2.25. The zero-order valence-electron chi connectivity index (χ0n) is 9.40. The van der Waals surface area contributed by atoms with E-state index in [-0.39, 0.29) is 6.04 Å². The molecule has 0 saturated carbocycles. The molecular weight excluding hydrogens is 174 g/mol. The summed E-state index contributed by atoms with van der Waals surface area (Å²) in [7, 11) is 1.92. The number of nitrogens with two attached hydrogens (primary N) is 1. The van der Waals surface area contributed by atoms with Gasteiger partial charge in [-0.1, -0.05) is 26.7 Å². The number of hydrogen-bond donors (Lipinski definition) is 1. The van der Waals surface area contributed by atoms with Gasteiger partial charge in [0.1, 0.15) is 0 Å². The van der Waals surface area contributed by atoms with Crippen LogP contribution in [-0.2, 0) is 7.05 Å². The SMILES string of the molecule is CC(C)CCCC(N)c1ccn(C)n1. The third kappa shape index (κ3) is 3.50. The van der Waals surface area contributed by atoms with E-state index in [0.717, 1.165) is 18.0 Å². The highest BCUT2D eigenvalue weighted by Crippen LogP contribution is 2.16. The lowest BCUT2D eigenvalue weighted by Crippen LogP contribution is -2.11.